The Morgan fingerprint density at radius 3 is 3.00 bits per heavy atom. The van der Waals surface area contributed by atoms with Gasteiger partial charge in [-0.25, -0.2) is 0 Å². The van der Waals surface area contributed by atoms with Crippen LogP contribution in [0.5, 0.6) is 0 Å². The van der Waals surface area contributed by atoms with E-state index in [4.69, 9.17) is 5.11 Å². The fourth-order valence-corrected chi connectivity index (χ4v) is 1.85. The van der Waals surface area contributed by atoms with Gasteiger partial charge in [-0.15, -0.1) is 0 Å². The second kappa shape index (κ2) is 2.48. The first-order valence-electron chi connectivity index (χ1n) is 4.12. The summed E-state index contributed by atoms with van der Waals surface area (Å²) in [5, 5.41) is 11.7. The molecule has 0 amide bonds. The predicted octanol–water partition coefficient (Wildman–Crippen LogP) is -0.172. The zero-order valence-corrected chi connectivity index (χ0v) is 7.20. The van der Waals surface area contributed by atoms with Gasteiger partial charge in [0.15, 0.2) is 0 Å². The number of aliphatic carboxylic acids is 1. The summed E-state index contributed by atoms with van der Waals surface area (Å²) in [5.41, 5.74) is 1.01. The molecule has 70 valence electrons. The van der Waals surface area contributed by atoms with Crippen molar-refractivity contribution in [2.75, 3.05) is 0 Å². The summed E-state index contributed by atoms with van der Waals surface area (Å²) in [5.74, 6) is -1.52. The lowest BCUT2D eigenvalue weighted by Crippen LogP contribution is -2.20. The van der Waals surface area contributed by atoms with E-state index in [1.165, 1.54) is 4.68 Å². The standard InChI is InChI=1S/C8H10N2O3/c1-10-7(11)6-4(8(12)13)2-3-5(6)9-10/h4,9H,2-3H2,1H3,(H,12,13). The molecule has 0 saturated carbocycles. The normalized spacial score (nSPS) is 20.2. The van der Waals surface area contributed by atoms with Gasteiger partial charge in [0.05, 0.1) is 11.5 Å². The average Bonchev–Trinajstić information content (AvgIpc) is 2.55. The summed E-state index contributed by atoms with van der Waals surface area (Å²) in [7, 11) is 1.60. The summed E-state index contributed by atoms with van der Waals surface area (Å²) in [4.78, 5) is 22.2. The number of hydrogen-bond donors (Lipinski definition) is 2. The minimum absolute atomic E-state index is 0.208. The van der Waals surface area contributed by atoms with Crippen LogP contribution in [0.2, 0.25) is 0 Å². The van der Waals surface area contributed by atoms with Crippen molar-refractivity contribution in [2.24, 2.45) is 7.05 Å². The Labute approximate surface area is 74.0 Å². The zero-order chi connectivity index (χ0) is 9.59. The second-order valence-corrected chi connectivity index (χ2v) is 3.30. The number of nitrogens with one attached hydrogen (secondary N) is 1. The summed E-state index contributed by atoms with van der Waals surface area (Å²) < 4.78 is 1.33. The molecule has 0 aromatic carbocycles. The molecular formula is C8H10N2O3. The highest BCUT2D eigenvalue weighted by molar-refractivity contribution is 5.77. The van der Waals surface area contributed by atoms with Crippen LogP contribution in [0.1, 0.15) is 23.6 Å². The molecule has 0 saturated heterocycles. The van der Waals surface area contributed by atoms with Gasteiger partial charge < -0.3 is 5.11 Å². The average molecular weight is 182 g/mol. The molecule has 1 aliphatic carbocycles. The summed E-state index contributed by atoms with van der Waals surface area (Å²) >= 11 is 0. The molecule has 1 heterocycles. The van der Waals surface area contributed by atoms with E-state index in [0.29, 0.717) is 18.4 Å². The van der Waals surface area contributed by atoms with Crippen molar-refractivity contribution in [3.05, 3.63) is 21.6 Å². The first-order chi connectivity index (χ1) is 6.11. The van der Waals surface area contributed by atoms with E-state index in [2.05, 4.69) is 5.10 Å². The third kappa shape index (κ3) is 0.998. The van der Waals surface area contributed by atoms with Gasteiger partial charge in [0.25, 0.3) is 5.56 Å². The molecule has 1 aromatic rings. The van der Waals surface area contributed by atoms with Crippen molar-refractivity contribution in [3.8, 4) is 0 Å². The number of H-pyrrole nitrogens is 1. The van der Waals surface area contributed by atoms with E-state index >= 15 is 0 Å². The Kier molecular flexibility index (Phi) is 1.55. The zero-order valence-electron chi connectivity index (χ0n) is 7.20. The minimum Gasteiger partial charge on any atom is -0.481 e. The first-order valence-corrected chi connectivity index (χ1v) is 4.12. The van der Waals surface area contributed by atoms with Crippen molar-refractivity contribution in [2.45, 2.75) is 18.8 Å². The highest BCUT2D eigenvalue weighted by atomic mass is 16.4. The number of rotatable bonds is 1. The van der Waals surface area contributed by atoms with E-state index in [1.807, 2.05) is 0 Å². The maximum atomic E-state index is 11.4. The quantitative estimate of drug-likeness (QED) is 0.633. The predicted molar refractivity (Wildman–Crippen MR) is 44.7 cm³/mol. The van der Waals surface area contributed by atoms with Crippen LogP contribution < -0.4 is 5.56 Å². The van der Waals surface area contributed by atoms with Gasteiger partial charge in [0, 0.05) is 12.7 Å². The van der Waals surface area contributed by atoms with E-state index in [1.54, 1.807) is 7.05 Å². The maximum Gasteiger partial charge on any atom is 0.311 e. The molecule has 1 atom stereocenters. The molecule has 1 aliphatic rings. The van der Waals surface area contributed by atoms with E-state index in [0.717, 1.165) is 5.69 Å². The van der Waals surface area contributed by atoms with Crippen molar-refractivity contribution in [1.82, 2.24) is 9.78 Å². The van der Waals surface area contributed by atoms with Crippen molar-refractivity contribution in [1.29, 1.82) is 0 Å². The number of fused-ring (bicyclic) bond motifs is 1. The minimum atomic E-state index is -0.907. The molecule has 0 bridgehead atoms. The summed E-state index contributed by atoms with van der Waals surface area (Å²) in [6.07, 6.45) is 1.19. The van der Waals surface area contributed by atoms with Crippen LogP contribution in [-0.2, 0) is 18.3 Å². The Morgan fingerprint density at radius 1 is 1.69 bits per heavy atom. The molecule has 5 nitrogen and oxygen atoms in total. The topological polar surface area (TPSA) is 75.1 Å². The summed E-state index contributed by atoms with van der Waals surface area (Å²) in [6, 6.07) is 0. The fourth-order valence-electron chi connectivity index (χ4n) is 1.85. The molecule has 2 N–H and O–H groups in total. The fraction of sp³-hybridized carbons (Fsp3) is 0.500. The Morgan fingerprint density at radius 2 is 2.38 bits per heavy atom. The van der Waals surface area contributed by atoms with E-state index in [9.17, 15) is 9.59 Å². The Balaban J connectivity index is 2.58. The van der Waals surface area contributed by atoms with Gasteiger partial charge in [-0.2, -0.15) is 0 Å². The second-order valence-electron chi connectivity index (χ2n) is 3.30. The van der Waals surface area contributed by atoms with Crippen LogP contribution in [0.15, 0.2) is 4.79 Å². The lowest BCUT2D eigenvalue weighted by molar-refractivity contribution is -0.138. The Hall–Kier alpha value is -1.52. The molecule has 0 aliphatic heterocycles. The highest BCUT2D eigenvalue weighted by Crippen LogP contribution is 2.29. The van der Waals surface area contributed by atoms with Crippen LogP contribution in [0.4, 0.5) is 0 Å². The maximum absolute atomic E-state index is 11.4. The SMILES string of the molecule is Cn1[nH]c2c(c1=O)C(C(=O)O)CC2. The third-order valence-electron chi connectivity index (χ3n) is 2.49. The van der Waals surface area contributed by atoms with Crippen LogP contribution >= 0.6 is 0 Å². The number of aryl methyl sites for hydroxylation is 2. The number of hydrogen-bond acceptors (Lipinski definition) is 2. The van der Waals surface area contributed by atoms with Gasteiger partial charge in [-0.3, -0.25) is 19.4 Å². The molecule has 5 heteroatoms. The lowest BCUT2D eigenvalue weighted by Gasteiger charge is -2.00. The van der Waals surface area contributed by atoms with Crippen molar-refractivity contribution in [3.63, 3.8) is 0 Å². The van der Waals surface area contributed by atoms with Crippen LogP contribution in [0, 0.1) is 0 Å². The molecular weight excluding hydrogens is 172 g/mol. The van der Waals surface area contributed by atoms with Crippen molar-refractivity contribution < 1.29 is 9.90 Å². The van der Waals surface area contributed by atoms with Gasteiger partial charge in [0.1, 0.15) is 0 Å². The molecule has 0 fully saturated rings. The largest absolute Gasteiger partial charge is 0.481 e. The Bertz CT molecular complexity index is 416. The van der Waals surface area contributed by atoms with Crippen LogP contribution in [0.25, 0.3) is 0 Å². The summed E-state index contributed by atoms with van der Waals surface area (Å²) in [6.45, 7) is 0. The smallest absolute Gasteiger partial charge is 0.311 e. The molecule has 13 heavy (non-hydrogen) atoms. The van der Waals surface area contributed by atoms with E-state index in [-0.39, 0.29) is 5.56 Å². The molecule has 1 aromatic heterocycles. The molecule has 1 unspecified atom stereocenters. The van der Waals surface area contributed by atoms with Crippen molar-refractivity contribution >= 4 is 5.97 Å². The van der Waals surface area contributed by atoms with Crippen LogP contribution in [0.3, 0.4) is 0 Å². The lowest BCUT2D eigenvalue weighted by atomic mass is 10.1. The van der Waals surface area contributed by atoms with Gasteiger partial charge >= 0.3 is 5.97 Å². The van der Waals surface area contributed by atoms with Gasteiger partial charge in [0.2, 0.25) is 0 Å². The van der Waals surface area contributed by atoms with Gasteiger partial charge in [-0.1, -0.05) is 0 Å². The molecule has 0 radical (unpaired) electrons. The van der Waals surface area contributed by atoms with Crippen LogP contribution in [-0.4, -0.2) is 20.9 Å². The molecule has 0 spiro atoms. The number of aromatic amines is 1. The number of carbonyl (C=O) groups is 1. The number of carboxylic acids is 1. The highest BCUT2D eigenvalue weighted by Gasteiger charge is 2.33. The number of nitrogens with zero attached hydrogens (tertiary/aromatic N) is 1. The monoisotopic (exact) mass is 182 g/mol. The third-order valence-corrected chi connectivity index (χ3v) is 2.49. The molecule has 2 rings (SSSR count). The number of carboxylic acid groups (broad SMARTS) is 1. The first kappa shape index (κ1) is 8.10. The number of aromatic nitrogens is 2. The van der Waals surface area contributed by atoms with E-state index < -0.39 is 11.9 Å². The van der Waals surface area contributed by atoms with Gasteiger partial charge in [-0.05, 0) is 12.8 Å².